The molecule has 2 heterocycles. The molecule has 112 valence electrons. The molecular weight excluding hydrogens is 266 g/mol. The molecule has 2 aromatic rings. The van der Waals surface area contributed by atoms with Gasteiger partial charge in [0.05, 0.1) is 5.69 Å². The van der Waals surface area contributed by atoms with E-state index in [4.69, 9.17) is 9.47 Å². The van der Waals surface area contributed by atoms with Gasteiger partial charge in [0.2, 0.25) is 0 Å². The summed E-state index contributed by atoms with van der Waals surface area (Å²) >= 11 is 0. The van der Waals surface area contributed by atoms with Gasteiger partial charge in [-0.15, -0.1) is 0 Å². The van der Waals surface area contributed by atoms with E-state index >= 15 is 0 Å². The van der Waals surface area contributed by atoms with Crippen LogP contribution < -0.4 is 14.8 Å². The third kappa shape index (κ3) is 2.88. The summed E-state index contributed by atoms with van der Waals surface area (Å²) in [5, 5.41) is 7.90. The summed E-state index contributed by atoms with van der Waals surface area (Å²) in [6.45, 7) is 7.02. The van der Waals surface area contributed by atoms with Gasteiger partial charge >= 0.3 is 0 Å². The van der Waals surface area contributed by atoms with E-state index in [9.17, 15) is 0 Å². The first-order valence-electron chi connectivity index (χ1n) is 7.23. The van der Waals surface area contributed by atoms with Gasteiger partial charge in [-0.25, -0.2) is 0 Å². The average Bonchev–Trinajstić information content (AvgIpc) is 2.73. The fourth-order valence-electron chi connectivity index (χ4n) is 2.60. The molecule has 0 bridgehead atoms. The Bertz CT molecular complexity index is 649. The highest BCUT2D eigenvalue weighted by Crippen LogP contribution is 2.30. The Morgan fingerprint density at radius 1 is 1.14 bits per heavy atom. The Morgan fingerprint density at radius 3 is 2.62 bits per heavy atom. The van der Waals surface area contributed by atoms with Crippen molar-refractivity contribution >= 4 is 0 Å². The number of nitrogens with zero attached hydrogens (tertiary/aromatic N) is 2. The van der Waals surface area contributed by atoms with Crippen LogP contribution in [0.4, 0.5) is 0 Å². The van der Waals surface area contributed by atoms with Gasteiger partial charge < -0.3 is 14.8 Å². The molecule has 0 aliphatic carbocycles. The maximum Gasteiger partial charge on any atom is 0.161 e. The van der Waals surface area contributed by atoms with Crippen LogP contribution >= 0.6 is 0 Å². The molecule has 0 saturated heterocycles. The first-order valence-corrected chi connectivity index (χ1v) is 7.23. The van der Waals surface area contributed by atoms with Crippen LogP contribution in [-0.4, -0.2) is 23.0 Å². The average molecular weight is 287 g/mol. The lowest BCUT2D eigenvalue weighted by atomic mass is 10.1. The molecule has 0 saturated carbocycles. The van der Waals surface area contributed by atoms with E-state index in [-0.39, 0.29) is 0 Å². The number of nitrogens with one attached hydrogen (secondary N) is 1. The zero-order chi connectivity index (χ0) is 14.8. The van der Waals surface area contributed by atoms with Crippen LogP contribution in [0.25, 0.3) is 0 Å². The number of fused-ring (bicyclic) bond motifs is 1. The minimum atomic E-state index is 0.623. The predicted molar refractivity (Wildman–Crippen MR) is 80.7 cm³/mol. The summed E-state index contributed by atoms with van der Waals surface area (Å²) in [7, 11) is 1.98. The normalized spacial score (nSPS) is 13.5. The zero-order valence-corrected chi connectivity index (χ0v) is 12.8. The van der Waals surface area contributed by atoms with Crippen molar-refractivity contribution < 1.29 is 9.47 Å². The Balaban J connectivity index is 1.63. The second-order valence-corrected chi connectivity index (χ2v) is 5.35. The Kier molecular flexibility index (Phi) is 3.84. The minimum Gasteiger partial charge on any atom is -0.486 e. The van der Waals surface area contributed by atoms with Crippen molar-refractivity contribution in [1.29, 1.82) is 0 Å². The summed E-state index contributed by atoms with van der Waals surface area (Å²) in [5.41, 5.74) is 4.76. The molecule has 5 nitrogen and oxygen atoms in total. The lowest BCUT2D eigenvalue weighted by Gasteiger charge is -2.19. The number of aromatic nitrogens is 2. The van der Waals surface area contributed by atoms with Crippen molar-refractivity contribution in [3.05, 3.63) is 40.7 Å². The summed E-state index contributed by atoms with van der Waals surface area (Å²) in [4.78, 5) is 0. The van der Waals surface area contributed by atoms with Gasteiger partial charge in [-0.2, -0.15) is 5.10 Å². The first kappa shape index (κ1) is 13.9. The minimum absolute atomic E-state index is 0.623. The van der Waals surface area contributed by atoms with Crippen molar-refractivity contribution in [3.63, 3.8) is 0 Å². The molecule has 5 heteroatoms. The van der Waals surface area contributed by atoms with Crippen LogP contribution in [-0.2, 0) is 20.1 Å². The lowest BCUT2D eigenvalue weighted by Crippen LogP contribution is -2.17. The molecule has 1 aliphatic heterocycles. The largest absolute Gasteiger partial charge is 0.486 e. The monoisotopic (exact) mass is 287 g/mol. The number of rotatable bonds is 4. The summed E-state index contributed by atoms with van der Waals surface area (Å²) < 4.78 is 13.1. The highest BCUT2D eigenvalue weighted by atomic mass is 16.6. The van der Waals surface area contributed by atoms with Crippen LogP contribution in [0.5, 0.6) is 11.5 Å². The standard InChI is InChI=1S/C16H21N3O2/c1-11-14(12(2)19(3)18-11)10-17-9-13-4-5-15-16(8-13)21-7-6-20-15/h4-5,8,17H,6-7,9-10H2,1-3H3. The van der Waals surface area contributed by atoms with E-state index in [0.717, 1.165) is 30.3 Å². The van der Waals surface area contributed by atoms with Crippen LogP contribution in [0.3, 0.4) is 0 Å². The Labute approximate surface area is 124 Å². The van der Waals surface area contributed by atoms with E-state index in [0.29, 0.717) is 13.2 Å². The number of ether oxygens (including phenoxy) is 2. The number of hydrogen-bond acceptors (Lipinski definition) is 4. The SMILES string of the molecule is Cc1nn(C)c(C)c1CNCc1ccc2c(c1)OCCO2. The number of hydrogen-bond donors (Lipinski definition) is 1. The molecule has 0 atom stereocenters. The van der Waals surface area contributed by atoms with E-state index in [1.807, 2.05) is 30.8 Å². The summed E-state index contributed by atoms with van der Waals surface area (Å²) in [6, 6.07) is 6.10. The Morgan fingerprint density at radius 2 is 1.90 bits per heavy atom. The van der Waals surface area contributed by atoms with Gasteiger partial charge in [-0.3, -0.25) is 4.68 Å². The van der Waals surface area contributed by atoms with E-state index in [1.54, 1.807) is 0 Å². The van der Waals surface area contributed by atoms with Crippen molar-refractivity contribution in [2.75, 3.05) is 13.2 Å². The summed E-state index contributed by atoms with van der Waals surface area (Å²) in [6.07, 6.45) is 0. The van der Waals surface area contributed by atoms with Gasteiger partial charge in [-0.1, -0.05) is 6.07 Å². The maximum atomic E-state index is 5.60. The maximum absolute atomic E-state index is 5.60. The van der Waals surface area contributed by atoms with Crippen molar-refractivity contribution in [2.45, 2.75) is 26.9 Å². The second-order valence-electron chi connectivity index (χ2n) is 5.35. The molecule has 0 amide bonds. The number of benzene rings is 1. The first-order chi connectivity index (χ1) is 10.1. The van der Waals surface area contributed by atoms with Crippen molar-refractivity contribution in [1.82, 2.24) is 15.1 Å². The third-order valence-electron chi connectivity index (χ3n) is 3.90. The van der Waals surface area contributed by atoms with E-state index < -0.39 is 0 Å². The smallest absolute Gasteiger partial charge is 0.161 e. The molecule has 0 fully saturated rings. The van der Waals surface area contributed by atoms with Crippen LogP contribution in [0, 0.1) is 13.8 Å². The molecule has 1 aromatic heterocycles. The van der Waals surface area contributed by atoms with E-state index in [2.05, 4.69) is 23.4 Å². The lowest BCUT2D eigenvalue weighted by molar-refractivity contribution is 0.171. The summed E-state index contributed by atoms with van der Waals surface area (Å²) in [5.74, 6) is 1.68. The molecule has 1 aromatic carbocycles. The fraction of sp³-hybridized carbons (Fsp3) is 0.438. The Hall–Kier alpha value is -2.01. The second kappa shape index (κ2) is 5.77. The highest BCUT2D eigenvalue weighted by molar-refractivity contribution is 5.43. The molecule has 0 spiro atoms. The van der Waals surface area contributed by atoms with Gasteiger partial charge in [0.1, 0.15) is 13.2 Å². The van der Waals surface area contributed by atoms with Crippen LogP contribution in [0.2, 0.25) is 0 Å². The topological polar surface area (TPSA) is 48.3 Å². The van der Waals surface area contributed by atoms with Crippen LogP contribution in [0.1, 0.15) is 22.5 Å². The molecule has 0 unspecified atom stereocenters. The van der Waals surface area contributed by atoms with Crippen LogP contribution in [0.15, 0.2) is 18.2 Å². The van der Waals surface area contributed by atoms with Gasteiger partial charge in [0.25, 0.3) is 0 Å². The van der Waals surface area contributed by atoms with Crippen molar-refractivity contribution in [3.8, 4) is 11.5 Å². The van der Waals surface area contributed by atoms with Gasteiger partial charge in [-0.05, 0) is 31.5 Å². The molecular formula is C16H21N3O2. The zero-order valence-electron chi connectivity index (χ0n) is 12.8. The van der Waals surface area contributed by atoms with E-state index in [1.165, 1.54) is 16.8 Å². The third-order valence-corrected chi connectivity index (χ3v) is 3.90. The quantitative estimate of drug-likeness (QED) is 0.935. The molecule has 0 radical (unpaired) electrons. The highest BCUT2D eigenvalue weighted by Gasteiger charge is 2.12. The van der Waals surface area contributed by atoms with Crippen molar-refractivity contribution in [2.24, 2.45) is 7.05 Å². The number of aryl methyl sites for hydroxylation is 2. The molecule has 21 heavy (non-hydrogen) atoms. The van der Waals surface area contributed by atoms with Gasteiger partial charge in [0.15, 0.2) is 11.5 Å². The molecule has 1 aliphatic rings. The van der Waals surface area contributed by atoms with Gasteiger partial charge in [0, 0.05) is 31.4 Å². The molecule has 1 N–H and O–H groups in total. The fourth-order valence-corrected chi connectivity index (χ4v) is 2.60. The molecule has 3 rings (SSSR count). The predicted octanol–water partition coefficient (Wildman–Crippen LogP) is 2.10.